The van der Waals surface area contributed by atoms with Crippen molar-refractivity contribution in [2.45, 2.75) is 64.0 Å². The highest BCUT2D eigenvalue weighted by Gasteiger charge is 2.28. The zero-order valence-electron chi connectivity index (χ0n) is 12.2. The smallest absolute Gasteiger partial charge is 0.126 e. The number of rotatable bonds is 2. The number of benzene rings is 1. The molecule has 19 heavy (non-hydrogen) atoms. The minimum Gasteiger partial charge on any atom is -0.487 e. The van der Waals surface area contributed by atoms with Crippen LogP contribution in [0.2, 0.25) is 0 Å². The third kappa shape index (κ3) is 2.94. The molecule has 2 aliphatic rings. The van der Waals surface area contributed by atoms with Crippen molar-refractivity contribution in [2.75, 3.05) is 6.54 Å². The second kappa shape index (κ2) is 5.16. The van der Waals surface area contributed by atoms with Crippen LogP contribution >= 0.6 is 0 Å². The summed E-state index contributed by atoms with van der Waals surface area (Å²) in [5.74, 6) is 1.17. The number of para-hydroxylation sites is 1. The lowest BCUT2D eigenvalue weighted by molar-refractivity contribution is 0.0830. The molecule has 1 unspecified atom stereocenters. The summed E-state index contributed by atoms with van der Waals surface area (Å²) < 4.78 is 6.26. The molecule has 1 aromatic rings. The molecule has 1 fully saturated rings. The highest BCUT2D eigenvalue weighted by atomic mass is 16.5. The average Bonchev–Trinajstić information content (AvgIpc) is 2.40. The van der Waals surface area contributed by atoms with Crippen LogP contribution in [0.5, 0.6) is 5.75 Å². The van der Waals surface area contributed by atoms with Crippen LogP contribution in [0.1, 0.15) is 50.7 Å². The van der Waals surface area contributed by atoms with E-state index in [0.29, 0.717) is 6.04 Å². The first-order valence-electron chi connectivity index (χ1n) is 7.67. The normalized spacial score (nSPS) is 25.5. The van der Waals surface area contributed by atoms with Gasteiger partial charge in [0.2, 0.25) is 0 Å². The van der Waals surface area contributed by atoms with Gasteiger partial charge in [-0.25, -0.2) is 0 Å². The quantitative estimate of drug-likeness (QED) is 0.878. The Bertz CT molecular complexity index is 447. The third-order valence-electron chi connectivity index (χ3n) is 4.43. The van der Waals surface area contributed by atoms with Crippen molar-refractivity contribution in [3.63, 3.8) is 0 Å². The summed E-state index contributed by atoms with van der Waals surface area (Å²) in [6, 6.07) is 7.30. The van der Waals surface area contributed by atoms with Crippen molar-refractivity contribution in [1.82, 2.24) is 5.32 Å². The number of hydrogen-bond acceptors (Lipinski definition) is 2. The van der Waals surface area contributed by atoms with Crippen molar-refractivity contribution in [1.29, 1.82) is 0 Å². The first-order chi connectivity index (χ1) is 9.14. The number of piperidine rings is 1. The molecular formula is C17H25NO. The number of hydrogen-bond donors (Lipinski definition) is 1. The Hall–Kier alpha value is -1.02. The van der Waals surface area contributed by atoms with E-state index < -0.39 is 0 Å². The molecule has 0 aliphatic carbocycles. The van der Waals surface area contributed by atoms with E-state index in [1.165, 1.54) is 42.7 Å². The van der Waals surface area contributed by atoms with E-state index in [0.717, 1.165) is 19.3 Å². The van der Waals surface area contributed by atoms with E-state index in [1.54, 1.807) is 0 Å². The maximum atomic E-state index is 6.26. The molecular weight excluding hydrogens is 234 g/mol. The third-order valence-corrected chi connectivity index (χ3v) is 4.43. The van der Waals surface area contributed by atoms with Crippen LogP contribution in [-0.4, -0.2) is 18.2 Å². The molecule has 1 atom stereocenters. The first-order valence-corrected chi connectivity index (χ1v) is 7.67. The maximum Gasteiger partial charge on any atom is 0.126 e. The van der Waals surface area contributed by atoms with Crippen LogP contribution in [0.3, 0.4) is 0 Å². The molecule has 2 aliphatic heterocycles. The van der Waals surface area contributed by atoms with Crippen molar-refractivity contribution in [2.24, 2.45) is 0 Å². The fourth-order valence-electron chi connectivity index (χ4n) is 3.25. The van der Waals surface area contributed by atoms with Gasteiger partial charge in [-0.15, -0.1) is 0 Å². The largest absolute Gasteiger partial charge is 0.487 e. The van der Waals surface area contributed by atoms with Crippen molar-refractivity contribution >= 4 is 0 Å². The SMILES string of the molecule is CC1(C)CCc2cccc(CC3CCCCN3)c2O1. The Labute approximate surface area is 116 Å². The van der Waals surface area contributed by atoms with E-state index in [9.17, 15) is 0 Å². The van der Waals surface area contributed by atoms with Crippen LogP contribution < -0.4 is 10.1 Å². The number of nitrogens with one attached hydrogen (secondary N) is 1. The molecule has 1 N–H and O–H groups in total. The summed E-state index contributed by atoms with van der Waals surface area (Å²) in [6.45, 7) is 5.57. The van der Waals surface area contributed by atoms with E-state index in [-0.39, 0.29) is 5.60 Å². The standard InChI is InChI=1S/C17H25NO/c1-17(2)10-9-13-6-5-7-14(16(13)19-17)12-15-8-3-4-11-18-15/h5-7,15,18H,3-4,8-12H2,1-2H3. The summed E-state index contributed by atoms with van der Waals surface area (Å²) in [7, 11) is 0. The van der Waals surface area contributed by atoms with Crippen LogP contribution in [0.15, 0.2) is 18.2 Å². The molecule has 104 valence electrons. The highest BCUT2D eigenvalue weighted by Crippen LogP contribution is 2.36. The van der Waals surface area contributed by atoms with Crippen LogP contribution in [0, 0.1) is 0 Å². The van der Waals surface area contributed by atoms with Gasteiger partial charge in [0.1, 0.15) is 11.4 Å². The van der Waals surface area contributed by atoms with Gasteiger partial charge in [0.15, 0.2) is 0 Å². The Balaban J connectivity index is 1.81. The minimum atomic E-state index is -0.0108. The molecule has 2 nitrogen and oxygen atoms in total. The fourth-order valence-corrected chi connectivity index (χ4v) is 3.25. The molecule has 2 heterocycles. The van der Waals surface area contributed by atoms with Crippen molar-refractivity contribution < 1.29 is 4.74 Å². The average molecular weight is 259 g/mol. The van der Waals surface area contributed by atoms with Crippen LogP contribution in [0.4, 0.5) is 0 Å². The Kier molecular flexibility index (Phi) is 3.53. The summed E-state index contributed by atoms with van der Waals surface area (Å²) in [5, 5.41) is 3.64. The molecule has 0 bridgehead atoms. The van der Waals surface area contributed by atoms with Gasteiger partial charge in [0.25, 0.3) is 0 Å². The molecule has 0 saturated carbocycles. The summed E-state index contributed by atoms with van der Waals surface area (Å²) >= 11 is 0. The second-order valence-electron chi connectivity index (χ2n) is 6.62. The van der Waals surface area contributed by atoms with Gasteiger partial charge < -0.3 is 10.1 Å². The van der Waals surface area contributed by atoms with Gasteiger partial charge in [-0.1, -0.05) is 24.6 Å². The summed E-state index contributed by atoms with van der Waals surface area (Å²) in [5.41, 5.74) is 2.78. The number of aryl methyl sites for hydroxylation is 1. The Morgan fingerprint density at radius 2 is 2.21 bits per heavy atom. The van der Waals surface area contributed by atoms with E-state index in [4.69, 9.17) is 4.74 Å². The Morgan fingerprint density at radius 1 is 1.32 bits per heavy atom. The lowest BCUT2D eigenvalue weighted by atomic mass is 9.90. The number of ether oxygens (including phenoxy) is 1. The summed E-state index contributed by atoms with van der Waals surface area (Å²) in [6.07, 6.45) is 7.36. The van der Waals surface area contributed by atoms with E-state index in [1.807, 2.05) is 0 Å². The van der Waals surface area contributed by atoms with E-state index in [2.05, 4.69) is 37.4 Å². The van der Waals surface area contributed by atoms with Crippen LogP contribution in [-0.2, 0) is 12.8 Å². The molecule has 0 amide bonds. The monoisotopic (exact) mass is 259 g/mol. The van der Waals surface area contributed by atoms with Crippen molar-refractivity contribution in [3.8, 4) is 5.75 Å². The minimum absolute atomic E-state index is 0.0108. The second-order valence-corrected chi connectivity index (χ2v) is 6.62. The van der Waals surface area contributed by atoms with Gasteiger partial charge in [0, 0.05) is 6.04 Å². The highest BCUT2D eigenvalue weighted by molar-refractivity contribution is 5.44. The predicted molar refractivity (Wildman–Crippen MR) is 78.8 cm³/mol. The Morgan fingerprint density at radius 3 is 3.00 bits per heavy atom. The fraction of sp³-hybridized carbons (Fsp3) is 0.647. The molecule has 2 heteroatoms. The van der Waals surface area contributed by atoms with E-state index >= 15 is 0 Å². The van der Waals surface area contributed by atoms with Gasteiger partial charge in [-0.05, 0) is 63.6 Å². The topological polar surface area (TPSA) is 21.3 Å². The molecule has 3 rings (SSSR count). The molecule has 0 spiro atoms. The zero-order chi connectivity index (χ0) is 13.3. The lowest BCUT2D eigenvalue weighted by Crippen LogP contribution is -2.37. The number of fused-ring (bicyclic) bond motifs is 1. The van der Waals surface area contributed by atoms with Crippen LogP contribution in [0.25, 0.3) is 0 Å². The first kappa shape index (κ1) is 13.0. The van der Waals surface area contributed by atoms with Gasteiger partial charge in [-0.2, -0.15) is 0 Å². The van der Waals surface area contributed by atoms with Gasteiger partial charge in [-0.3, -0.25) is 0 Å². The lowest BCUT2D eigenvalue weighted by Gasteiger charge is -2.34. The predicted octanol–water partition coefficient (Wildman–Crippen LogP) is 3.47. The van der Waals surface area contributed by atoms with Gasteiger partial charge >= 0.3 is 0 Å². The van der Waals surface area contributed by atoms with Crippen molar-refractivity contribution in [3.05, 3.63) is 29.3 Å². The van der Waals surface area contributed by atoms with Gasteiger partial charge in [0.05, 0.1) is 0 Å². The summed E-state index contributed by atoms with van der Waals surface area (Å²) in [4.78, 5) is 0. The molecule has 0 radical (unpaired) electrons. The molecule has 1 saturated heterocycles. The maximum absolute atomic E-state index is 6.26. The zero-order valence-corrected chi connectivity index (χ0v) is 12.2. The molecule has 1 aromatic carbocycles. The molecule has 0 aromatic heterocycles.